The fraction of sp³-hybridized carbons (Fsp3) is 0.286. The van der Waals surface area contributed by atoms with Crippen LogP contribution in [0.4, 0.5) is 0 Å². The molecule has 9 nitrogen and oxygen atoms in total. The number of aromatic nitrogens is 5. The number of carbonyl (C=O) groups is 1. The maximum atomic E-state index is 13.9. The summed E-state index contributed by atoms with van der Waals surface area (Å²) in [6, 6.07) is 28.2. The Labute approximate surface area is 266 Å². The van der Waals surface area contributed by atoms with Gasteiger partial charge < -0.3 is 14.8 Å². The minimum absolute atomic E-state index is 0.127. The lowest BCUT2D eigenvalue weighted by Crippen LogP contribution is -2.48. The molecule has 2 fully saturated rings. The molecule has 0 spiro atoms. The van der Waals surface area contributed by atoms with Gasteiger partial charge in [0.1, 0.15) is 12.4 Å². The van der Waals surface area contributed by atoms with Crippen molar-refractivity contribution in [1.82, 2.24) is 25.1 Å². The lowest BCUT2D eigenvalue weighted by atomic mass is 9.83. The fourth-order valence-electron chi connectivity index (χ4n) is 6.47. The summed E-state index contributed by atoms with van der Waals surface area (Å²) in [4.78, 5) is 14.6. The number of piperidine rings is 1. The van der Waals surface area contributed by atoms with Crippen LogP contribution in [0, 0.1) is 5.21 Å². The molecule has 2 saturated heterocycles. The summed E-state index contributed by atoms with van der Waals surface area (Å²) in [6.07, 6.45) is 6.18. The van der Waals surface area contributed by atoms with Gasteiger partial charge in [-0.1, -0.05) is 66.2 Å². The Kier molecular flexibility index (Phi) is 8.28. The van der Waals surface area contributed by atoms with Gasteiger partial charge in [0.15, 0.2) is 6.20 Å². The van der Waals surface area contributed by atoms with Gasteiger partial charge in [-0.2, -0.15) is 9.41 Å². The zero-order valence-electron chi connectivity index (χ0n) is 24.7. The van der Waals surface area contributed by atoms with E-state index in [1.54, 1.807) is 16.9 Å². The number of halogens is 1. The molecular formula is C35H33ClN6O3. The molecule has 3 aromatic carbocycles. The molecule has 2 aliphatic rings. The summed E-state index contributed by atoms with van der Waals surface area (Å²) in [7, 11) is 0. The molecule has 2 aromatic heterocycles. The molecule has 1 amide bonds. The molecule has 0 radical (unpaired) electrons. The zero-order chi connectivity index (χ0) is 30.8. The van der Waals surface area contributed by atoms with E-state index in [1.165, 1.54) is 11.9 Å². The maximum Gasteiger partial charge on any atom is 0.251 e. The number of ether oxygens (including phenoxy) is 1. The van der Waals surface area contributed by atoms with Crippen molar-refractivity contribution in [3.05, 3.63) is 130 Å². The second-order valence-electron chi connectivity index (χ2n) is 11.7. The number of hydrogen-bond acceptors (Lipinski definition) is 6. The van der Waals surface area contributed by atoms with Crippen LogP contribution < -0.4 is 4.73 Å². The first-order valence-corrected chi connectivity index (χ1v) is 15.7. The van der Waals surface area contributed by atoms with E-state index in [-0.39, 0.29) is 17.9 Å². The third-order valence-corrected chi connectivity index (χ3v) is 9.25. The van der Waals surface area contributed by atoms with E-state index < -0.39 is 0 Å². The van der Waals surface area contributed by atoms with Crippen LogP contribution in [0.2, 0.25) is 5.02 Å². The van der Waals surface area contributed by atoms with Crippen LogP contribution in [0.15, 0.2) is 97.5 Å². The van der Waals surface area contributed by atoms with Crippen LogP contribution in [0.1, 0.15) is 53.5 Å². The Balaban J connectivity index is 1.19. The van der Waals surface area contributed by atoms with E-state index in [2.05, 4.69) is 51.9 Å². The molecule has 228 valence electrons. The summed E-state index contributed by atoms with van der Waals surface area (Å²) in [5.41, 5.74) is 6.33. The molecule has 2 unspecified atom stereocenters. The van der Waals surface area contributed by atoms with Crippen LogP contribution in [-0.2, 0) is 16.0 Å². The number of likely N-dealkylation sites (tertiary alicyclic amines) is 1. The van der Waals surface area contributed by atoms with Gasteiger partial charge in [-0.15, -0.1) is 5.10 Å². The van der Waals surface area contributed by atoms with Crippen molar-refractivity contribution in [2.45, 2.75) is 43.6 Å². The molecular weight excluding hydrogens is 588 g/mol. The number of rotatable bonds is 8. The summed E-state index contributed by atoms with van der Waals surface area (Å²) in [5, 5.41) is 26.0. The van der Waals surface area contributed by atoms with Crippen molar-refractivity contribution in [3.63, 3.8) is 0 Å². The highest BCUT2D eigenvalue weighted by molar-refractivity contribution is 6.31. The number of pyridine rings is 1. The molecule has 0 saturated carbocycles. The van der Waals surface area contributed by atoms with Gasteiger partial charge in [0.05, 0.1) is 18.2 Å². The zero-order valence-corrected chi connectivity index (χ0v) is 25.5. The lowest BCUT2D eigenvalue weighted by molar-refractivity contribution is -0.614. The Bertz CT molecular complexity index is 1790. The first kappa shape index (κ1) is 29.1. The second-order valence-corrected chi connectivity index (χ2v) is 12.2. The predicted molar refractivity (Wildman–Crippen MR) is 170 cm³/mol. The van der Waals surface area contributed by atoms with Crippen LogP contribution in [-0.4, -0.2) is 56.8 Å². The van der Waals surface area contributed by atoms with Crippen LogP contribution in [0.5, 0.6) is 0 Å². The first-order valence-electron chi connectivity index (χ1n) is 15.3. The lowest BCUT2D eigenvalue weighted by Gasteiger charge is -2.36. The normalized spacial score (nSPS) is 17.5. The molecule has 5 aromatic rings. The molecule has 0 bridgehead atoms. The van der Waals surface area contributed by atoms with Crippen LogP contribution >= 0.6 is 11.6 Å². The van der Waals surface area contributed by atoms with Crippen LogP contribution in [0.25, 0.3) is 16.8 Å². The van der Waals surface area contributed by atoms with Crippen LogP contribution in [0.3, 0.4) is 0 Å². The number of carbonyl (C=O) groups excluding carboxylic acids is 1. The molecule has 45 heavy (non-hydrogen) atoms. The Morgan fingerprint density at radius 3 is 2.53 bits per heavy atom. The number of hydrogen-bond donors (Lipinski definition) is 0. The SMILES string of the molecule is O=C(C1CCO1)N1CCC(c2cccc(C(Cc3ccccc3)c3ccc(-c4cc(Cl)ccc4-n4cnnn4)c[n+]3[O-])c2)CC1. The number of amides is 1. The Hall–Kier alpha value is -4.60. The van der Waals surface area contributed by atoms with Gasteiger partial charge in [-0.3, -0.25) is 4.79 Å². The van der Waals surface area contributed by atoms with Gasteiger partial charge in [-0.25, -0.2) is 0 Å². The first-order chi connectivity index (χ1) is 22.0. The molecule has 2 aliphatic heterocycles. The summed E-state index contributed by atoms with van der Waals surface area (Å²) < 4.78 is 7.96. The van der Waals surface area contributed by atoms with E-state index in [4.69, 9.17) is 16.3 Å². The monoisotopic (exact) mass is 620 g/mol. The summed E-state index contributed by atoms with van der Waals surface area (Å²) in [6.45, 7) is 2.15. The quantitative estimate of drug-likeness (QED) is 0.168. The minimum atomic E-state index is -0.251. The molecule has 10 heteroatoms. The predicted octanol–water partition coefficient (Wildman–Crippen LogP) is 5.49. The van der Waals surface area contributed by atoms with Crippen molar-refractivity contribution in [2.24, 2.45) is 0 Å². The van der Waals surface area contributed by atoms with Gasteiger partial charge >= 0.3 is 0 Å². The van der Waals surface area contributed by atoms with Gasteiger partial charge in [-0.05, 0) is 76.6 Å². The minimum Gasteiger partial charge on any atom is -0.618 e. The maximum absolute atomic E-state index is 13.9. The second kappa shape index (κ2) is 12.8. The molecule has 0 aliphatic carbocycles. The van der Waals surface area contributed by atoms with Gasteiger partial charge in [0.2, 0.25) is 5.69 Å². The molecule has 0 N–H and O–H groups in total. The number of nitrogens with zero attached hydrogens (tertiary/aromatic N) is 6. The highest BCUT2D eigenvalue weighted by Gasteiger charge is 2.33. The van der Waals surface area contributed by atoms with Gasteiger partial charge in [0.25, 0.3) is 5.91 Å². The van der Waals surface area contributed by atoms with E-state index >= 15 is 0 Å². The van der Waals surface area contributed by atoms with Crippen molar-refractivity contribution < 1.29 is 14.3 Å². The van der Waals surface area contributed by atoms with Crippen molar-refractivity contribution >= 4 is 17.5 Å². The van der Waals surface area contributed by atoms with Crippen molar-refractivity contribution in [2.75, 3.05) is 19.7 Å². The number of tetrazole rings is 1. The summed E-state index contributed by atoms with van der Waals surface area (Å²) >= 11 is 6.37. The third-order valence-electron chi connectivity index (χ3n) is 9.02. The molecule has 4 heterocycles. The van der Waals surface area contributed by atoms with Gasteiger partial charge in [0, 0.05) is 41.7 Å². The van der Waals surface area contributed by atoms with E-state index in [0.29, 0.717) is 35.2 Å². The topological polar surface area (TPSA) is 100 Å². The molecule has 7 rings (SSSR count). The average molecular weight is 621 g/mol. The molecule has 2 atom stereocenters. The van der Waals surface area contributed by atoms with Crippen molar-refractivity contribution in [1.29, 1.82) is 0 Å². The Morgan fingerprint density at radius 2 is 1.82 bits per heavy atom. The summed E-state index contributed by atoms with van der Waals surface area (Å²) in [5.74, 6) is 0.306. The van der Waals surface area contributed by atoms with E-state index in [0.717, 1.165) is 59.5 Å². The van der Waals surface area contributed by atoms with Crippen molar-refractivity contribution in [3.8, 4) is 16.8 Å². The smallest absolute Gasteiger partial charge is 0.251 e. The fourth-order valence-corrected chi connectivity index (χ4v) is 6.64. The number of benzene rings is 3. The largest absolute Gasteiger partial charge is 0.618 e. The third kappa shape index (κ3) is 6.18. The average Bonchev–Trinajstić information content (AvgIpc) is 3.59. The standard InChI is InChI=1S/C35H33ClN6O3/c36-29-10-12-32(41-23-37-38-39-41)31(21-29)28-9-11-33(42(44)22-28)30(19-24-5-2-1-3-6-24)27-8-4-7-26(20-27)25-13-16-40(17-14-25)35(43)34-15-18-45-34/h1-12,20-23,25,30,34H,13-19H2. The van der Waals surface area contributed by atoms with E-state index in [9.17, 15) is 10.0 Å². The Morgan fingerprint density at radius 1 is 1.00 bits per heavy atom. The highest BCUT2D eigenvalue weighted by atomic mass is 35.5. The van der Waals surface area contributed by atoms with E-state index in [1.807, 2.05) is 47.4 Å². The highest BCUT2D eigenvalue weighted by Crippen LogP contribution is 2.35.